The van der Waals surface area contributed by atoms with E-state index < -0.39 is 0 Å². The van der Waals surface area contributed by atoms with Gasteiger partial charge in [0.25, 0.3) is 0 Å². The molecule has 2 nitrogen and oxygen atoms in total. The molecule has 0 spiro atoms. The third kappa shape index (κ3) is 5.55. The second-order valence-electron chi connectivity index (χ2n) is 4.63. The third-order valence-corrected chi connectivity index (χ3v) is 4.46. The summed E-state index contributed by atoms with van der Waals surface area (Å²) in [4.78, 5) is 0. The molecule has 0 aromatic rings. The van der Waals surface area contributed by atoms with Crippen LogP contribution in [0.25, 0.3) is 0 Å². The molecule has 1 rings (SSSR count). The van der Waals surface area contributed by atoms with Crippen molar-refractivity contribution in [3.63, 3.8) is 0 Å². The van der Waals surface area contributed by atoms with Gasteiger partial charge in [-0.3, -0.25) is 0 Å². The Morgan fingerprint density at radius 3 is 2.69 bits per heavy atom. The molecule has 0 aromatic carbocycles. The highest BCUT2D eigenvalue weighted by Crippen LogP contribution is 2.27. The van der Waals surface area contributed by atoms with Crippen molar-refractivity contribution in [1.29, 1.82) is 0 Å². The average molecular weight is 245 g/mol. The largest absolute Gasteiger partial charge is 0.384 e. The van der Waals surface area contributed by atoms with E-state index in [4.69, 9.17) is 4.74 Å². The van der Waals surface area contributed by atoms with E-state index in [1.165, 1.54) is 37.9 Å². The van der Waals surface area contributed by atoms with Crippen LogP contribution in [0.3, 0.4) is 0 Å². The molecule has 0 heterocycles. The number of hydrogen-bond donors (Lipinski definition) is 1. The fourth-order valence-corrected chi connectivity index (χ4v) is 3.61. The van der Waals surface area contributed by atoms with Crippen molar-refractivity contribution in [3.05, 3.63) is 0 Å². The van der Waals surface area contributed by atoms with Crippen LogP contribution in [-0.2, 0) is 4.74 Å². The second kappa shape index (κ2) is 9.32. The summed E-state index contributed by atoms with van der Waals surface area (Å²) in [6, 6.07) is 0.729. The van der Waals surface area contributed by atoms with Gasteiger partial charge in [0, 0.05) is 24.7 Å². The summed E-state index contributed by atoms with van der Waals surface area (Å²) in [6.45, 7) is 4.20. The molecule has 1 aliphatic carbocycles. The Kier molecular flexibility index (Phi) is 8.34. The Bertz CT molecular complexity index is 160. The number of rotatable bonds is 8. The van der Waals surface area contributed by atoms with Gasteiger partial charge in [0.1, 0.15) is 0 Å². The first-order chi connectivity index (χ1) is 7.88. The molecule has 1 aliphatic rings. The van der Waals surface area contributed by atoms with Crippen molar-refractivity contribution < 1.29 is 4.74 Å². The van der Waals surface area contributed by atoms with Gasteiger partial charge in [-0.1, -0.05) is 26.2 Å². The van der Waals surface area contributed by atoms with E-state index >= 15 is 0 Å². The van der Waals surface area contributed by atoms with Gasteiger partial charge in [-0.05, 0) is 25.3 Å². The molecule has 0 bridgehead atoms. The normalized spacial score (nSPS) is 19.9. The molecule has 0 radical (unpaired) electrons. The molecule has 0 aromatic heterocycles. The van der Waals surface area contributed by atoms with Crippen molar-refractivity contribution in [3.8, 4) is 0 Å². The minimum Gasteiger partial charge on any atom is -0.384 e. The van der Waals surface area contributed by atoms with Crippen molar-refractivity contribution in [2.75, 3.05) is 31.8 Å². The minimum absolute atomic E-state index is 0.729. The molecule has 1 saturated carbocycles. The molecule has 1 unspecified atom stereocenters. The Morgan fingerprint density at radius 1 is 1.31 bits per heavy atom. The quantitative estimate of drug-likeness (QED) is 0.664. The number of hydrogen-bond acceptors (Lipinski definition) is 3. The van der Waals surface area contributed by atoms with E-state index in [-0.39, 0.29) is 0 Å². The van der Waals surface area contributed by atoms with Gasteiger partial charge in [-0.15, -0.1) is 0 Å². The molecule has 0 saturated heterocycles. The fourth-order valence-electron chi connectivity index (χ4n) is 2.51. The highest BCUT2D eigenvalue weighted by Gasteiger charge is 2.22. The smallest absolute Gasteiger partial charge is 0.0552 e. The third-order valence-electron chi connectivity index (χ3n) is 3.41. The van der Waals surface area contributed by atoms with E-state index in [0.717, 1.165) is 30.9 Å². The molecule has 0 amide bonds. The number of methoxy groups -OCH3 is 1. The predicted octanol–water partition coefficient (Wildman–Crippen LogP) is 2.92. The van der Waals surface area contributed by atoms with Gasteiger partial charge in [-0.25, -0.2) is 0 Å². The lowest BCUT2D eigenvalue weighted by atomic mass is 9.84. The van der Waals surface area contributed by atoms with Crippen molar-refractivity contribution in [2.24, 2.45) is 5.92 Å². The van der Waals surface area contributed by atoms with Gasteiger partial charge in [0.15, 0.2) is 0 Å². The highest BCUT2D eigenvalue weighted by atomic mass is 32.2. The summed E-state index contributed by atoms with van der Waals surface area (Å²) in [7, 11) is 1.78. The number of thioether (sulfide) groups is 1. The zero-order valence-corrected chi connectivity index (χ0v) is 11.7. The van der Waals surface area contributed by atoms with Crippen LogP contribution in [0.5, 0.6) is 0 Å². The minimum atomic E-state index is 0.729. The van der Waals surface area contributed by atoms with E-state index in [1.54, 1.807) is 7.11 Å². The lowest BCUT2D eigenvalue weighted by molar-refractivity contribution is 0.218. The standard InChI is InChI=1S/C13H27NOS/c1-3-14-13(11-16-10-9-15-2)12-7-5-4-6-8-12/h12-14H,3-11H2,1-2H3. The van der Waals surface area contributed by atoms with Crippen LogP contribution in [0, 0.1) is 5.92 Å². The van der Waals surface area contributed by atoms with Gasteiger partial charge < -0.3 is 10.1 Å². The molecule has 96 valence electrons. The second-order valence-corrected chi connectivity index (χ2v) is 5.78. The summed E-state index contributed by atoms with van der Waals surface area (Å²) in [5.41, 5.74) is 0. The van der Waals surface area contributed by atoms with Crippen LogP contribution in [-0.4, -0.2) is 37.8 Å². The molecular weight excluding hydrogens is 218 g/mol. The summed E-state index contributed by atoms with van der Waals surface area (Å²) >= 11 is 2.03. The zero-order valence-electron chi connectivity index (χ0n) is 10.8. The molecule has 1 atom stereocenters. The molecular formula is C13H27NOS. The Labute approximate surface area is 105 Å². The SMILES string of the molecule is CCNC(CSCCOC)C1CCCCC1. The van der Waals surface area contributed by atoms with Crippen molar-refractivity contribution in [1.82, 2.24) is 5.32 Å². The topological polar surface area (TPSA) is 21.3 Å². The summed E-state index contributed by atoms with van der Waals surface area (Å²) in [5, 5.41) is 3.67. The molecule has 1 N–H and O–H groups in total. The molecule has 0 aliphatic heterocycles. The maximum atomic E-state index is 5.09. The first-order valence-electron chi connectivity index (χ1n) is 6.68. The average Bonchev–Trinajstić information content (AvgIpc) is 2.34. The fraction of sp³-hybridized carbons (Fsp3) is 1.00. The Balaban J connectivity index is 2.22. The van der Waals surface area contributed by atoms with Gasteiger partial charge >= 0.3 is 0 Å². The highest BCUT2D eigenvalue weighted by molar-refractivity contribution is 7.99. The Hall–Kier alpha value is 0.270. The monoisotopic (exact) mass is 245 g/mol. The predicted molar refractivity (Wildman–Crippen MR) is 73.2 cm³/mol. The number of nitrogens with one attached hydrogen (secondary N) is 1. The van der Waals surface area contributed by atoms with Gasteiger partial charge in [0.2, 0.25) is 0 Å². The molecule has 3 heteroatoms. The van der Waals surface area contributed by atoms with Crippen molar-refractivity contribution in [2.45, 2.75) is 45.1 Å². The van der Waals surface area contributed by atoms with Gasteiger partial charge in [-0.2, -0.15) is 11.8 Å². The maximum absolute atomic E-state index is 5.09. The van der Waals surface area contributed by atoms with E-state index in [2.05, 4.69) is 12.2 Å². The summed E-state index contributed by atoms with van der Waals surface area (Å²) in [6.07, 6.45) is 7.20. The van der Waals surface area contributed by atoms with E-state index in [0.29, 0.717) is 0 Å². The van der Waals surface area contributed by atoms with Crippen LogP contribution in [0.2, 0.25) is 0 Å². The summed E-state index contributed by atoms with van der Waals surface area (Å²) < 4.78 is 5.09. The molecule has 16 heavy (non-hydrogen) atoms. The number of ether oxygens (including phenoxy) is 1. The first-order valence-corrected chi connectivity index (χ1v) is 7.84. The maximum Gasteiger partial charge on any atom is 0.0552 e. The van der Waals surface area contributed by atoms with Crippen molar-refractivity contribution >= 4 is 11.8 Å². The van der Waals surface area contributed by atoms with Crippen LogP contribution >= 0.6 is 11.8 Å². The Morgan fingerprint density at radius 2 is 2.06 bits per heavy atom. The molecule has 1 fully saturated rings. The van der Waals surface area contributed by atoms with Gasteiger partial charge in [0.05, 0.1) is 6.61 Å². The van der Waals surface area contributed by atoms with Crippen LogP contribution in [0.15, 0.2) is 0 Å². The first kappa shape index (κ1) is 14.3. The van der Waals surface area contributed by atoms with Crippen LogP contribution in [0.1, 0.15) is 39.0 Å². The zero-order chi connectivity index (χ0) is 11.6. The van der Waals surface area contributed by atoms with E-state index in [1.807, 2.05) is 11.8 Å². The van der Waals surface area contributed by atoms with Crippen LogP contribution < -0.4 is 5.32 Å². The summed E-state index contributed by atoms with van der Waals surface area (Å²) in [5.74, 6) is 3.30. The lowest BCUT2D eigenvalue weighted by Crippen LogP contribution is -2.39. The van der Waals surface area contributed by atoms with E-state index in [9.17, 15) is 0 Å². The lowest BCUT2D eigenvalue weighted by Gasteiger charge is -2.30. The van der Waals surface area contributed by atoms with Crippen LogP contribution in [0.4, 0.5) is 0 Å².